The van der Waals surface area contributed by atoms with Crippen molar-refractivity contribution in [3.05, 3.63) is 15.9 Å². The second kappa shape index (κ2) is 5.85. The molecule has 124 valence electrons. The van der Waals surface area contributed by atoms with Gasteiger partial charge in [-0.15, -0.1) is 0 Å². The summed E-state index contributed by atoms with van der Waals surface area (Å²) in [6, 6.07) is 0. The third-order valence-corrected chi connectivity index (χ3v) is 4.48. The van der Waals surface area contributed by atoms with Crippen LogP contribution >= 0.6 is 11.3 Å². The van der Waals surface area contributed by atoms with Gasteiger partial charge in [0.25, 0.3) is 0 Å². The van der Waals surface area contributed by atoms with Crippen molar-refractivity contribution in [2.75, 3.05) is 5.73 Å². The minimum atomic E-state index is -1.53. The van der Waals surface area contributed by atoms with E-state index in [9.17, 15) is 14.0 Å². The van der Waals surface area contributed by atoms with Crippen molar-refractivity contribution in [1.82, 2.24) is 14.5 Å². The standard InChI is InChI=1S/C13H15FN4O4S/c1-3-6-8(14)9(21-5(2)19)11(22-6)18-10-7(23-13(18)20)4-16-12(15)17-10/h4,6,8-9,11H,3H2,1-2H3,(H2,15,16,17)/t6-,8+,9-,11-/m1/s1. The van der Waals surface area contributed by atoms with Gasteiger partial charge in [-0.1, -0.05) is 18.3 Å². The highest BCUT2D eigenvalue weighted by molar-refractivity contribution is 7.16. The van der Waals surface area contributed by atoms with E-state index in [1.165, 1.54) is 17.7 Å². The van der Waals surface area contributed by atoms with Crippen LogP contribution < -0.4 is 10.6 Å². The van der Waals surface area contributed by atoms with E-state index in [0.717, 1.165) is 11.3 Å². The summed E-state index contributed by atoms with van der Waals surface area (Å²) in [5.41, 5.74) is 5.80. The quantitative estimate of drug-likeness (QED) is 0.829. The molecule has 1 fully saturated rings. The minimum absolute atomic E-state index is 0.0186. The maximum atomic E-state index is 14.5. The first-order valence-electron chi connectivity index (χ1n) is 7.02. The molecule has 1 aliphatic heterocycles. The van der Waals surface area contributed by atoms with Crippen molar-refractivity contribution in [2.24, 2.45) is 0 Å². The Bertz CT molecular complexity index is 807. The lowest BCUT2D eigenvalue weighted by atomic mass is 10.1. The maximum absolute atomic E-state index is 14.5. The number of thiazole rings is 1. The summed E-state index contributed by atoms with van der Waals surface area (Å²) in [5, 5.41) is 0. The average Bonchev–Trinajstić information content (AvgIpc) is 2.96. The minimum Gasteiger partial charge on any atom is -0.454 e. The van der Waals surface area contributed by atoms with Crippen LogP contribution in [0.3, 0.4) is 0 Å². The number of nitrogens with two attached hydrogens (primary N) is 1. The summed E-state index contributed by atoms with van der Waals surface area (Å²) in [5.74, 6) is -0.667. The fraction of sp³-hybridized carbons (Fsp3) is 0.538. The molecule has 0 aliphatic carbocycles. The molecule has 0 aromatic carbocycles. The monoisotopic (exact) mass is 342 g/mol. The van der Waals surface area contributed by atoms with E-state index in [1.54, 1.807) is 6.92 Å². The lowest BCUT2D eigenvalue weighted by Crippen LogP contribution is -2.35. The Hall–Kier alpha value is -2.07. The highest BCUT2D eigenvalue weighted by atomic mass is 32.1. The van der Waals surface area contributed by atoms with Gasteiger partial charge in [0.1, 0.15) is 0 Å². The van der Waals surface area contributed by atoms with E-state index < -0.39 is 35.4 Å². The van der Waals surface area contributed by atoms with E-state index >= 15 is 0 Å². The summed E-state index contributed by atoms with van der Waals surface area (Å²) < 4.78 is 26.8. The van der Waals surface area contributed by atoms with Crippen molar-refractivity contribution in [2.45, 2.75) is 44.9 Å². The summed E-state index contributed by atoms with van der Waals surface area (Å²) in [6.45, 7) is 2.93. The Kier molecular flexibility index (Phi) is 4.02. The van der Waals surface area contributed by atoms with E-state index in [-0.39, 0.29) is 11.6 Å². The van der Waals surface area contributed by atoms with Crippen LogP contribution in [0.1, 0.15) is 26.5 Å². The Labute approximate surface area is 134 Å². The van der Waals surface area contributed by atoms with Gasteiger partial charge in [-0.05, 0) is 6.42 Å². The molecule has 2 N–H and O–H groups in total. The molecule has 0 saturated carbocycles. The number of ether oxygens (including phenoxy) is 2. The molecule has 4 atom stereocenters. The summed E-state index contributed by atoms with van der Waals surface area (Å²) >= 11 is 0.889. The molecular weight excluding hydrogens is 327 g/mol. The Morgan fingerprint density at radius 3 is 3.00 bits per heavy atom. The Balaban J connectivity index is 2.11. The second-order valence-electron chi connectivity index (χ2n) is 5.15. The summed E-state index contributed by atoms with van der Waals surface area (Å²) in [6.07, 6.45) is -2.82. The Morgan fingerprint density at radius 2 is 2.35 bits per heavy atom. The molecule has 0 amide bonds. The van der Waals surface area contributed by atoms with E-state index in [0.29, 0.717) is 11.1 Å². The van der Waals surface area contributed by atoms with Gasteiger partial charge < -0.3 is 15.2 Å². The lowest BCUT2D eigenvalue weighted by molar-refractivity contribution is -0.154. The van der Waals surface area contributed by atoms with Crippen LogP contribution in [0.5, 0.6) is 0 Å². The zero-order valence-corrected chi connectivity index (χ0v) is 13.2. The number of carbonyl (C=O) groups excluding carboxylic acids is 1. The SMILES string of the molecule is CC[C@H]1O[C@@H](n2c(=O)sc3cnc(N)nc32)[C@H](OC(C)=O)[C@H]1F. The topological polar surface area (TPSA) is 109 Å². The van der Waals surface area contributed by atoms with E-state index in [1.807, 2.05) is 0 Å². The normalized spacial score (nSPS) is 27.4. The number of nitrogen functional groups attached to an aromatic ring is 1. The zero-order valence-electron chi connectivity index (χ0n) is 12.4. The van der Waals surface area contributed by atoms with Crippen molar-refractivity contribution in [3.63, 3.8) is 0 Å². The van der Waals surface area contributed by atoms with Gasteiger partial charge >= 0.3 is 10.8 Å². The highest BCUT2D eigenvalue weighted by Crippen LogP contribution is 2.36. The molecule has 0 spiro atoms. The van der Waals surface area contributed by atoms with Gasteiger partial charge in [0, 0.05) is 6.92 Å². The van der Waals surface area contributed by atoms with Gasteiger partial charge in [0.05, 0.1) is 17.0 Å². The molecule has 8 nitrogen and oxygen atoms in total. The fourth-order valence-corrected chi connectivity index (χ4v) is 3.44. The van der Waals surface area contributed by atoms with Gasteiger partial charge in [-0.25, -0.2) is 9.37 Å². The van der Waals surface area contributed by atoms with Gasteiger partial charge in [0.15, 0.2) is 24.2 Å². The fourth-order valence-electron chi connectivity index (χ4n) is 2.62. The number of hydrogen-bond donors (Lipinski definition) is 1. The number of rotatable bonds is 3. The molecule has 0 unspecified atom stereocenters. The number of alkyl halides is 1. The molecule has 1 saturated heterocycles. The first-order valence-corrected chi connectivity index (χ1v) is 7.84. The molecule has 1 aliphatic rings. The second-order valence-corrected chi connectivity index (χ2v) is 6.14. The maximum Gasteiger partial charge on any atom is 0.311 e. The van der Waals surface area contributed by atoms with Gasteiger partial charge in [-0.3, -0.25) is 14.2 Å². The predicted octanol–water partition coefficient (Wildman–Crippen LogP) is 1.01. The van der Waals surface area contributed by atoms with Crippen LogP contribution in [0, 0.1) is 0 Å². The molecule has 3 rings (SSSR count). The van der Waals surface area contributed by atoms with E-state index in [2.05, 4.69) is 9.97 Å². The molecule has 23 heavy (non-hydrogen) atoms. The van der Waals surface area contributed by atoms with Crippen molar-refractivity contribution >= 4 is 33.6 Å². The lowest BCUT2D eigenvalue weighted by Gasteiger charge is -2.20. The Morgan fingerprint density at radius 1 is 1.61 bits per heavy atom. The van der Waals surface area contributed by atoms with Crippen LogP contribution in [0.25, 0.3) is 10.3 Å². The number of esters is 1. The first-order chi connectivity index (χ1) is 10.9. The van der Waals surface area contributed by atoms with Crippen LogP contribution in [0.2, 0.25) is 0 Å². The van der Waals surface area contributed by atoms with Crippen LogP contribution in [0.4, 0.5) is 10.3 Å². The third-order valence-electron chi connectivity index (χ3n) is 3.60. The number of halogens is 1. The number of nitrogens with zero attached hydrogens (tertiary/aromatic N) is 3. The molecule has 2 aromatic heterocycles. The van der Waals surface area contributed by atoms with Crippen LogP contribution in [-0.4, -0.2) is 38.9 Å². The molecule has 0 bridgehead atoms. The third kappa shape index (κ3) is 2.68. The van der Waals surface area contributed by atoms with E-state index in [4.69, 9.17) is 15.2 Å². The number of fused-ring (bicyclic) bond motifs is 1. The number of aromatic nitrogens is 3. The molecule has 10 heteroatoms. The highest BCUT2D eigenvalue weighted by Gasteiger charge is 2.48. The number of anilines is 1. The van der Waals surface area contributed by atoms with Crippen LogP contribution in [0.15, 0.2) is 11.0 Å². The van der Waals surface area contributed by atoms with Gasteiger partial charge in [-0.2, -0.15) is 4.98 Å². The number of carbonyl (C=O) groups is 1. The zero-order chi connectivity index (χ0) is 16.7. The average molecular weight is 342 g/mol. The van der Waals surface area contributed by atoms with Crippen LogP contribution in [-0.2, 0) is 14.3 Å². The van der Waals surface area contributed by atoms with Gasteiger partial charge in [0.2, 0.25) is 5.95 Å². The molecule has 0 radical (unpaired) electrons. The van der Waals surface area contributed by atoms with Crippen molar-refractivity contribution < 1.29 is 18.7 Å². The molecule has 3 heterocycles. The molecular formula is C13H15FN4O4S. The van der Waals surface area contributed by atoms with Crippen molar-refractivity contribution in [1.29, 1.82) is 0 Å². The number of hydrogen-bond acceptors (Lipinski definition) is 8. The largest absolute Gasteiger partial charge is 0.454 e. The first kappa shape index (κ1) is 15.8. The smallest absolute Gasteiger partial charge is 0.311 e. The van der Waals surface area contributed by atoms with Crippen molar-refractivity contribution in [3.8, 4) is 0 Å². The molecule has 2 aromatic rings. The summed E-state index contributed by atoms with van der Waals surface area (Å²) in [4.78, 5) is 31.0. The predicted molar refractivity (Wildman–Crippen MR) is 80.7 cm³/mol. The summed E-state index contributed by atoms with van der Waals surface area (Å²) in [7, 11) is 0.